The monoisotopic (exact) mass is 290 g/mol. The Morgan fingerprint density at radius 1 is 0.800 bits per heavy atom. The first-order valence-corrected chi connectivity index (χ1v) is 8.54. The van der Waals surface area contributed by atoms with Gasteiger partial charge in [-0.3, -0.25) is 0 Å². The van der Waals surface area contributed by atoms with Gasteiger partial charge in [0.1, 0.15) is 0 Å². The smallest absolute Gasteiger partial charge is 0.241 e. The summed E-state index contributed by atoms with van der Waals surface area (Å²) in [5.41, 5.74) is 0. The fourth-order valence-corrected chi connectivity index (χ4v) is 4.50. The van der Waals surface area contributed by atoms with Crippen LogP contribution < -0.4 is 0 Å². The maximum absolute atomic E-state index is 13.4. The summed E-state index contributed by atoms with van der Waals surface area (Å²) < 4.78 is 38.2. The number of alkyl halides is 3. The van der Waals surface area contributed by atoms with Gasteiger partial charge in [0.05, 0.1) is 0 Å². The lowest BCUT2D eigenvalue weighted by Gasteiger charge is -2.38. The van der Waals surface area contributed by atoms with Gasteiger partial charge in [-0.15, -0.1) is 0 Å². The maximum atomic E-state index is 13.4. The average molecular weight is 290 g/mol. The fourth-order valence-electron chi connectivity index (χ4n) is 4.50. The highest BCUT2D eigenvalue weighted by Gasteiger charge is 2.36. The zero-order valence-electron chi connectivity index (χ0n) is 12.7. The second-order valence-electron chi connectivity index (χ2n) is 7.02. The largest absolute Gasteiger partial charge is 0.269 e. The Morgan fingerprint density at radius 3 is 1.75 bits per heavy atom. The van der Waals surface area contributed by atoms with Gasteiger partial charge >= 0.3 is 0 Å². The van der Waals surface area contributed by atoms with Crippen LogP contribution in [-0.4, -0.2) is 12.6 Å². The van der Waals surface area contributed by atoms with Crippen molar-refractivity contribution in [2.24, 2.45) is 23.7 Å². The molecule has 0 bridgehead atoms. The Kier molecular flexibility index (Phi) is 6.22. The van der Waals surface area contributed by atoms with Gasteiger partial charge in [0.2, 0.25) is 0 Å². The van der Waals surface area contributed by atoms with Crippen LogP contribution in [0.2, 0.25) is 0 Å². The first-order valence-electron chi connectivity index (χ1n) is 8.54. The van der Waals surface area contributed by atoms with Gasteiger partial charge < -0.3 is 0 Å². The molecule has 2 saturated carbocycles. The molecule has 0 aromatic carbocycles. The van der Waals surface area contributed by atoms with Crippen LogP contribution in [0.4, 0.5) is 13.2 Å². The molecule has 0 spiro atoms. The minimum absolute atomic E-state index is 0.386. The quantitative estimate of drug-likeness (QED) is 0.582. The van der Waals surface area contributed by atoms with Crippen molar-refractivity contribution in [2.75, 3.05) is 0 Å². The third-order valence-electron chi connectivity index (χ3n) is 5.76. The zero-order chi connectivity index (χ0) is 14.5. The van der Waals surface area contributed by atoms with E-state index in [4.69, 9.17) is 0 Å². The Bertz CT molecular complexity index is 263. The average Bonchev–Trinajstić information content (AvgIpc) is 2.48. The molecular weight excluding hydrogens is 261 g/mol. The first-order chi connectivity index (χ1) is 9.61. The van der Waals surface area contributed by atoms with Gasteiger partial charge in [-0.05, 0) is 62.2 Å². The van der Waals surface area contributed by atoms with Gasteiger partial charge in [-0.1, -0.05) is 32.6 Å². The minimum Gasteiger partial charge on any atom is -0.241 e. The molecule has 0 aromatic heterocycles. The fraction of sp³-hybridized carbons (Fsp3) is 1.00. The topological polar surface area (TPSA) is 0 Å². The first kappa shape index (κ1) is 16.2. The molecular formula is C17H29F3. The number of rotatable bonds is 5. The standard InChI is InChI=1S/C17H29F3/c1-2-3-12-4-6-13(7-5-12)14-8-10-15(11-9-14)16(18)17(19)20/h12-17H,2-11H2,1H3. The number of hydrogen-bond donors (Lipinski definition) is 0. The second-order valence-corrected chi connectivity index (χ2v) is 7.02. The van der Waals surface area contributed by atoms with Gasteiger partial charge in [0.25, 0.3) is 6.43 Å². The molecule has 2 fully saturated rings. The summed E-state index contributed by atoms with van der Waals surface area (Å²) in [6, 6.07) is 0. The molecule has 0 N–H and O–H groups in total. The summed E-state index contributed by atoms with van der Waals surface area (Å²) in [7, 11) is 0. The van der Waals surface area contributed by atoms with Crippen LogP contribution in [0.1, 0.15) is 71.1 Å². The molecule has 0 radical (unpaired) electrons. The third-order valence-corrected chi connectivity index (χ3v) is 5.76. The zero-order valence-corrected chi connectivity index (χ0v) is 12.7. The summed E-state index contributed by atoms with van der Waals surface area (Å²) in [5, 5.41) is 0. The van der Waals surface area contributed by atoms with E-state index in [1.807, 2.05) is 0 Å². The van der Waals surface area contributed by atoms with Gasteiger partial charge in [-0.2, -0.15) is 0 Å². The van der Waals surface area contributed by atoms with Gasteiger partial charge in [0.15, 0.2) is 6.17 Å². The van der Waals surface area contributed by atoms with E-state index in [9.17, 15) is 13.2 Å². The Balaban J connectivity index is 1.72. The van der Waals surface area contributed by atoms with Crippen molar-refractivity contribution in [3.8, 4) is 0 Å². The SMILES string of the molecule is CCCC1CCC(C2CCC(C(F)C(F)F)CC2)CC1. The molecule has 0 aliphatic heterocycles. The molecule has 0 saturated heterocycles. The molecule has 118 valence electrons. The van der Waals surface area contributed by atoms with E-state index in [1.165, 1.54) is 38.5 Å². The molecule has 1 unspecified atom stereocenters. The molecule has 0 amide bonds. The highest BCUT2D eigenvalue weighted by atomic mass is 19.3. The van der Waals surface area contributed by atoms with E-state index < -0.39 is 12.6 Å². The maximum Gasteiger partial charge on any atom is 0.269 e. The van der Waals surface area contributed by atoms with E-state index in [0.717, 1.165) is 24.7 Å². The Morgan fingerprint density at radius 2 is 1.30 bits per heavy atom. The summed E-state index contributed by atoms with van der Waals surface area (Å²) in [5.74, 6) is 2.00. The van der Waals surface area contributed by atoms with Crippen LogP contribution in [0.3, 0.4) is 0 Å². The van der Waals surface area contributed by atoms with Crippen LogP contribution in [0.15, 0.2) is 0 Å². The lowest BCUT2D eigenvalue weighted by molar-refractivity contribution is -0.00354. The van der Waals surface area contributed by atoms with Crippen molar-refractivity contribution in [1.82, 2.24) is 0 Å². The van der Waals surface area contributed by atoms with E-state index in [2.05, 4.69) is 6.92 Å². The van der Waals surface area contributed by atoms with E-state index in [1.54, 1.807) is 0 Å². The molecule has 0 nitrogen and oxygen atoms in total. The molecule has 3 heteroatoms. The summed E-state index contributed by atoms with van der Waals surface area (Å²) >= 11 is 0. The van der Waals surface area contributed by atoms with Crippen molar-refractivity contribution in [1.29, 1.82) is 0 Å². The van der Waals surface area contributed by atoms with Crippen LogP contribution >= 0.6 is 0 Å². The lowest BCUT2D eigenvalue weighted by Crippen LogP contribution is -2.31. The van der Waals surface area contributed by atoms with Crippen molar-refractivity contribution in [3.05, 3.63) is 0 Å². The van der Waals surface area contributed by atoms with E-state index in [-0.39, 0.29) is 5.92 Å². The lowest BCUT2D eigenvalue weighted by atomic mass is 9.68. The highest BCUT2D eigenvalue weighted by molar-refractivity contribution is 4.84. The predicted molar refractivity (Wildman–Crippen MR) is 76.7 cm³/mol. The third kappa shape index (κ3) is 4.14. The normalized spacial score (nSPS) is 37.0. The highest BCUT2D eigenvalue weighted by Crippen LogP contribution is 2.43. The minimum atomic E-state index is -2.79. The van der Waals surface area contributed by atoms with Crippen molar-refractivity contribution in [2.45, 2.75) is 83.7 Å². The number of halogens is 3. The van der Waals surface area contributed by atoms with Crippen LogP contribution in [-0.2, 0) is 0 Å². The van der Waals surface area contributed by atoms with Crippen LogP contribution in [0.25, 0.3) is 0 Å². The van der Waals surface area contributed by atoms with Crippen LogP contribution in [0.5, 0.6) is 0 Å². The molecule has 2 rings (SSSR count). The Labute approximate surface area is 121 Å². The van der Waals surface area contributed by atoms with Crippen molar-refractivity contribution < 1.29 is 13.2 Å². The summed E-state index contributed by atoms with van der Waals surface area (Å²) in [6.07, 6.45) is 6.57. The molecule has 2 aliphatic carbocycles. The summed E-state index contributed by atoms with van der Waals surface area (Å²) in [6.45, 7) is 2.25. The van der Waals surface area contributed by atoms with E-state index >= 15 is 0 Å². The predicted octanol–water partition coefficient (Wildman–Crippen LogP) is 6.00. The van der Waals surface area contributed by atoms with Crippen molar-refractivity contribution >= 4 is 0 Å². The Hall–Kier alpha value is -0.210. The molecule has 0 heterocycles. The molecule has 1 atom stereocenters. The number of hydrogen-bond acceptors (Lipinski definition) is 0. The van der Waals surface area contributed by atoms with Crippen LogP contribution in [0, 0.1) is 23.7 Å². The van der Waals surface area contributed by atoms with Crippen molar-refractivity contribution in [3.63, 3.8) is 0 Å². The van der Waals surface area contributed by atoms with Gasteiger partial charge in [0, 0.05) is 0 Å². The second kappa shape index (κ2) is 7.70. The summed E-state index contributed by atoms with van der Waals surface area (Å²) in [4.78, 5) is 0. The molecule has 20 heavy (non-hydrogen) atoms. The van der Waals surface area contributed by atoms with E-state index in [0.29, 0.717) is 18.8 Å². The van der Waals surface area contributed by atoms with Gasteiger partial charge in [-0.25, -0.2) is 13.2 Å². The molecule has 2 aliphatic rings. The molecule has 0 aromatic rings.